The standard InChI is InChI=1S/C18H16N2O3/c21-17(22)11-19-18(23)15-6-7-16-14(10-15)8-9-20(16)12-13-4-2-1-3-5-13/h1-10H,11-12H2,(H,19,23)(H,21,22). The van der Waals surface area contributed by atoms with Crippen molar-refractivity contribution in [2.75, 3.05) is 6.54 Å². The van der Waals surface area contributed by atoms with Crippen molar-refractivity contribution >= 4 is 22.8 Å². The van der Waals surface area contributed by atoms with E-state index in [1.807, 2.05) is 36.5 Å². The lowest BCUT2D eigenvalue weighted by atomic mass is 10.1. The van der Waals surface area contributed by atoms with Gasteiger partial charge in [-0.1, -0.05) is 30.3 Å². The van der Waals surface area contributed by atoms with Crippen LogP contribution in [-0.4, -0.2) is 28.1 Å². The Balaban J connectivity index is 1.82. The number of rotatable bonds is 5. The number of carbonyl (C=O) groups is 2. The summed E-state index contributed by atoms with van der Waals surface area (Å²) in [6.45, 7) is 0.376. The second kappa shape index (κ2) is 6.36. The first-order valence-corrected chi connectivity index (χ1v) is 7.26. The lowest BCUT2D eigenvalue weighted by molar-refractivity contribution is -0.135. The maximum atomic E-state index is 11.9. The number of carbonyl (C=O) groups excluding carboxylic acids is 1. The molecule has 1 aromatic heterocycles. The van der Waals surface area contributed by atoms with Crippen LogP contribution in [0.4, 0.5) is 0 Å². The molecule has 0 fully saturated rings. The molecule has 0 radical (unpaired) electrons. The van der Waals surface area contributed by atoms with Crippen molar-refractivity contribution < 1.29 is 14.7 Å². The molecule has 5 heteroatoms. The zero-order valence-electron chi connectivity index (χ0n) is 12.4. The summed E-state index contributed by atoms with van der Waals surface area (Å²) in [5.74, 6) is -1.45. The topological polar surface area (TPSA) is 71.3 Å². The molecule has 2 aromatic carbocycles. The van der Waals surface area contributed by atoms with Crippen molar-refractivity contribution in [3.63, 3.8) is 0 Å². The first-order valence-electron chi connectivity index (χ1n) is 7.26. The molecule has 0 aliphatic heterocycles. The number of benzene rings is 2. The normalized spacial score (nSPS) is 10.6. The fraction of sp³-hybridized carbons (Fsp3) is 0.111. The highest BCUT2D eigenvalue weighted by Gasteiger charge is 2.09. The average Bonchev–Trinajstić information content (AvgIpc) is 2.96. The van der Waals surface area contributed by atoms with Crippen molar-refractivity contribution in [3.8, 4) is 0 Å². The molecule has 116 valence electrons. The van der Waals surface area contributed by atoms with Crippen molar-refractivity contribution in [1.29, 1.82) is 0 Å². The lowest BCUT2D eigenvalue weighted by Crippen LogP contribution is -2.29. The maximum Gasteiger partial charge on any atom is 0.322 e. The number of hydrogen-bond acceptors (Lipinski definition) is 2. The minimum atomic E-state index is -1.06. The smallest absolute Gasteiger partial charge is 0.322 e. The number of carboxylic acids is 1. The highest BCUT2D eigenvalue weighted by molar-refractivity contribution is 5.99. The van der Waals surface area contributed by atoms with Crippen LogP contribution in [0.3, 0.4) is 0 Å². The molecule has 3 rings (SSSR count). The van der Waals surface area contributed by atoms with E-state index in [-0.39, 0.29) is 12.5 Å². The monoisotopic (exact) mass is 308 g/mol. The van der Waals surface area contributed by atoms with Crippen molar-refractivity contribution in [2.24, 2.45) is 0 Å². The highest BCUT2D eigenvalue weighted by Crippen LogP contribution is 2.19. The zero-order valence-corrected chi connectivity index (χ0v) is 12.4. The molecule has 0 aliphatic rings. The molecular formula is C18H16N2O3. The largest absolute Gasteiger partial charge is 0.480 e. The molecule has 5 nitrogen and oxygen atoms in total. The average molecular weight is 308 g/mol. The quantitative estimate of drug-likeness (QED) is 0.761. The van der Waals surface area contributed by atoms with Gasteiger partial charge in [-0.05, 0) is 29.8 Å². The van der Waals surface area contributed by atoms with E-state index < -0.39 is 5.97 Å². The Labute approximate surface area is 133 Å². The molecule has 0 bridgehead atoms. The van der Waals surface area contributed by atoms with Crippen LogP contribution in [0.1, 0.15) is 15.9 Å². The number of aliphatic carboxylic acids is 1. The van der Waals surface area contributed by atoms with E-state index in [2.05, 4.69) is 22.0 Å². The van der Waals surface area contributed by atoms with Gasteiger partial charge in [0.1, 0.15) is 6.54 Å². The second-order valence-corrected chi connectivity index (χ2v) is 5.28. The number of aromatic nitrogens is 1. The summed E-state index contributed by atoms with van der Waals surface area (Å²) in [7, 11) is 0. The molecule has 0 saturated carbocycles. The van der Waals surface area contributed by atoms with Gasteiger partial charge in [0.05, 0.1) is 0 Å². The number of hydrogen-bond donors (Lipinski definition) is 2. The predicted octanol–water partition coefficient (Wildman–Crippen LogP) is 2.50. The van der Waals surface area contributed by atoms with Crippen LogP contribution in [0.5, 0.6) is 0 Å². The minimum absolute atomic E-state index is 0.383. The van der Waals surface area contributed by atoms with Gasteiger partial charge in [0.25, 0.3) is 5.91 Å². The van der Waals surface area contributed by atoms with Crippen LogP contribution in [-0.2, 0) is 11.3 Å². The van der Waals surface area contributed by atoms with Gasteiger partial charge in [-0.15, -0.1) is 0 Å². The van der Waals surface area contributed by atoms with Gasteiger partial charge in [0, 0.05) is 29.2 Å². The van der Waals surface area contributed by atoms with Gasteiger partial charge in [-0.25, -0.2) is 0 Å². The van der Waals surface area contributed by atoms with Crippen LogP contribution in [0.15, 0.2) is 60.8 Å². The number of carboxylic acid groups (broad SMARTS) is 1. The molecule has 0 spiro atoms. The fourth-order valence-corrected chi connectivity index (χ4v) is 2.52. The third-order valence-electron chi connectivity index (χ3n) is 3.63. The maximum absolute atomic E-state index is 11.9. The van der Waals surface area contributed by atoms with E-state index in [1.165, 1.54) is 5.56 Å². The molecule has 1 heterocycles. The summed E-state index contributed by atoms with van der Waals surface area (Å²) >= 11 is 0. The van der Waals surface area contributed by atoms with Crippen molar-refractivity contribution in [1.82, 2.24) is 9.88 Å². The zero-order chi connectivity index (χ0) is 16.2. The van der Waals surface area contributed by atoms with E-state index in [0.29, 0.717) is 5.56 Å². The van der Waals surface area contributed by atoms with E-state index in [9.17, 15) is 9.59 Å². The Kier molecular flexibility index (Phi) is 4.10. The summed E-state index contributed by atoms with van der Waals surface area (Å²) in [4.78, 5) is 22.4. The summed E-state index contributed by atoms with van der Waals surface area (Å²) in [5.41, 5.74) is 2.69. The molecule has 23 heavy (non-hydrogen) atoms. The SMILES string of the molecule is O=C(O)CNC(=O)c1ccc2c(ccn2Cc2ccccc2)c1. The van der Waals surface area contributed by atoms with Crippen LogP contribution >= 0.6 is 0 Å². The van der Waals surface area contributed by atoms with Gasteiger partial charge in [0.2, 0.25) is 0 Å². The van der Waals surface area contributed by atoms with Gasteiger partial charge in [-0.3, -0.25) is 9.59 Å². The molecule has 3 aromatic rings. The Morgan fingerprint density at radius 1 is 1.04 bits per heavy atom. The Morgan fingerprint density at radius 3 is 2.57 bits per heavy atom. The second-order valence-electron chi connectivity index (χ2n) is 5.28. The van der Waals surface area contributed by atoms with Crippen LogP contribution in [0.2, 0.25) is 0 Å². The number of fused-ring (bicyclic) bond motifs is 1. The van der Waals surface area contributed by atoms with Gasteiger partial charge >= 0.3 is 5.97 Å². The Hall–Kier alpha value is -3.08. The molecule has 0 atom stereocenters. The fourth-order valence-electron chi connectivity index (χ4n) is 2.52. The predicted molar refractivity (Wildman–Crippen MR) is 87.5 cm³/mol. The van der Waals surface area contributed by atoms with Crippen molar-refractivity contribution in [2.45, 2.75) is 6.54 Å². The molecule has 2 N–H and O–H groups in total. The summed E-state index contributed by atoms with van der Waals surface area (Å²) < 4.78 is 2.11. The third-order valence-corrected chi connectivity index (χ3v) is 3.63. The third kappa shape index (κ3) is 3.40. The molecular weight excluding hydrogens is 292 g/mol. The Morgan fingerprint density at radius 2 is 1.83 bits per heavy atom. The first-order chi connectivity index (χ1) is 11.1. The number of amides is 1. The van der Waals surface area contributed by atoms with E-state index >= 15 is 0 Å². The minimum Gasteiger partial charge on any atom is -0.480 e. The number of nitrogens with one attached hydrogen (secondary N) is 1. The van der Waals surface area contributed by atoms with Crippen LogP contribution < -0.4 is 5.32 Å². The van der Waals surface area contributed by atoms with Crippen LogP contribution in [0, 0.1) is 0 Å². The van der Waals surface area contributed by atoms with Crippen molar-refractivity contribution in [3.05, 3.63) is 71.9 Å². The van der Waals surface area contributed by atoms with E-state index in [4.69, 9.17) is 5.11 Å². The molecule has 0 unspecified atom stereocenters. The Bertz CT molecular complexity index is 853. The van der Waals surface area contributed by atoms with Crippen LogP contribution in [0.25, 0.3) is 10.9 Å². The summed E-state index contributed by atoms with van der Waals surface area (Å²) in [6, 6.07) is 17.4. The molecule has 0 aliphatic carbocycles. The van der Waals surface area contributed by atoms with E-state index in [0.717, 1.165) is 17.4 Å². The van der Waals surface area contributed by atoms with Gasteiger partial charge in [-0.2, -0.15) is 0 Å². The first kappa shape index (κ1) is 14.8. The highest BCUT2D eigenvalue weighted by atomic mass is 16.4. The molecule has 1 amide bonds. The van der Waals surface area contributed by atoms with Gasteiger partial charge in [0.15, 0.2) is 0 Å². The number of nitrogens with zero attached hydrogens (tertiary/aromatic N) is 1. The van der Waals surface area contributed by atoms with E-state index in [1.54, 1.807) is 12.1 Å². The lowest BCUT2D eigenvalue weighted by Gasteiger charge is -2.07. The summed E-state index contributed by atoms with van der Waals surface area (Å²) in [5, 5.41) is 11.9. The summed E-state index contributed by atoms with van der Waals surface area (Å²) in [6.07, 6.45) is 1.98. The molecule has 0 saturated heterocycles. The van der Waals surface area contributed by atoms with Gasteiger partial charge < -0.3 is 15.0 Å².